The van der Waals surface area contributed by atoms with Crippen molar-refractivity contribution >= 4 is 35.7 Å². The van der Waals surface area contributed by atoms with Crippen LogP contribution in [0.1, 0.15) is 72.3 Å². The van der Waals surface area contributed by atoms with Gasteiger partial charge in [-0.1, -0.05) is 51.4 Å². The molecule has 2 aliphatic rings. The van der Waals surface area contributed by atoms with Crippen LogP contribution in [-0.2, 0) is 23.8 Å². The molecule has 1 saturated heterocycles. The van der Waals surface area contributed by atoms with Crippen LogP contribution in [-0.4, -0.2) is 72.6 Å². The third-order valence-electron chi connectivity index (χ3n) is 7.63. The lowest BCUT2D eigenvalue weighted by Gasteiger charge is -2.45. The van der Waals surface area contributed by atoms with E-state index in [1.54, 1.807) is 13.8 Å². The molecule has 3 amide bonds. The van der Waals surface area contributed by atoms with Gasteiger partial charge in [0.25, 0.3) is 0 Å². The largest absolute Gasteiger partial charge is 0.511 e. The predicted octanol–water partition coefficient (Wildman–Crippen LogP) is 3.93. The maximum atomic E-state index is 13.5. The third-order valence-corrected chi connectivity index (χ3v) is 7.88. The molecule has 2 fully saturated rings. The molecule has 228 valence electrons. The first-order valence-corrected chi connectivity index (χ1v) is 14.3. The van der Waals surface area contributed by atoms with Gasteiger partial charge in [-0.2, -0.15) is 0 Å². The molecule has 1 aliphatic carbocycles. The van der Waals surface area contributed by atoms with Crippen molar-refractivity contribution in [2.24, 2.45) is 17.1 Å². The minimum Gasteiger partial charge on any atom is -0.426 e. The summed E-state index contributed by atoms with van der Waals surface area (Å²) >= 11 is 6.07. The maximum Gasteiger partial charge on any atom is 0.511 e. The fourth-order valence-corrected chi connectivity index (χ4v) is 5.08. The molecule has 0 aromatic heterocycles. The SMILES string of the molecule is CC(C)C(NC(=O)NCC(C)(C)OC(=O)OCOC(=O)C1(N)CC1)C(=O)N1CCC(c2ccc(Cl)cc2)C(C)(C)C1. The van der Waals surface area contributed by atoms with E-state index in [-0.39, 0.29) is 29.7 Å². The first-order chi connectivity index (χ1) is 19.0. The fourth-order valence-electron chi connectivity index (χ4n) is 4.96. The summed E-state index contributed by atoms with van der Waals surface area (Å²) in [5.74, 6) is -0.659. The number of benzene rings is 1. The molecular weight excluding hydrogens is 552 g/mol. The van der Waals surface area contributed by atoms with Crippen LogP contribution >= 0.6 is 11.6 Å². The average Bonchev–Trinajstić information content (AvgIpc) is 3.64. The van der Waals surface area contributed by atoms with E-state index in [1.165, 1.54) is 5.56 Å². The van der Waals surface area contributed by atoms with E-state index in [0.29, 0.717) is 31.0 Å². The molecule has 4 N–H and O–H groups in total. The number of hydrogen-bond acceptors (Lipinski definition) is 8. The number of carbonyl (C=O) groups excluding carboxylic acids is 4. The number of ether oxygens (including phenoxy) is 3. The highest BCUT2D eigenvalue weighted by Crippen LogP contribution is 2.42. The van der Waals surface area contributed by atoms with Crippen LogP contribution in [0.2, 0.25) is 5.02 Å². The first-order valence-electron chi connectivity index (χ1n) is 13.9. The molecule has 1 heterocycles. The summed E-state index contributed by atoms with van der Waals surface area (Å²) in [6.45, 7) is 11.7. The van der Waals surface area contributed by atoms with Crippen molar-refractivity contribution < 1.29 is 33.4 Å². The number of amides is 3. The van der Waals surface area contributed by atoms with Crippen LogP contribution in [0.15, 0.2) is 24.3 Å². The highest BCUT2D eigenvalue weighted by molar-refractivity contribution is 6.30. The first kappa shape index (κ1) is 32.5. The van der Waals surface area contributed by atoms with Crippen LogP contribution in [0, 0.1) is 11.3 Å². The van der Waals surface area contributed by atoms with Gasteiger partial charge in [0, 0.05) is 18.1 Å². The second kappa shape index (κ2) is 12.9. The molecule has 11 nitrogen and oxygen atoms in total. The number of nitrogens with zero attached hydrogens (tertiary/aromatic N) is 1. The summed E-state index contributed by atoms with van der Waals surface area (Å²) in [7, 11) is 0. The molecular formula is C29H43ClN4O7. The molecule has 2 unspecified atom stereocenters. The van der Waals surface area contributed by atoms with Crippen molar-refractivity contribution in [3.05, 3.63) is 34.9 Å². The van der Waals surface area contributed by atoms with E-state index >= 15 is 0 Å². The van der Waals surface area contributed by atoms with Gasteiger partial charge in [0.1, 0.15) is 17.2 Å². The van der Waals surface area contributed by atoms with E-state index in [9.17, 15) is 19.2 Å². The van der Waals surface area contributed by atoms with Gasteiger partial charge in [0.2, 0.25) is 12.7 Å². The van der Waals surface area contributed by atoms with Gasteiger partial charge in [-0.25, -0.2) is 14.4 Å². The number of hydrogen-bond donors (Lipinski definition) is 3. The zero-order valence-electron chi connectivity index (χ0n) is 24.8. The second-order valence-corrected chi connectivity index (χ2v) is 13.1. The number of urea groups is 1. The molecule has 0 spiro atoms. The molecule has 0 bridgehead atoms. The summed E-state index contributed by atoms with van der Waals surface area (Å²) in [6.07, 6.45) is 0.791. The molecule has 12 heteroatoms. The monoisotopic (exact) mass is 594 g/mol. The Morgan fingerprint density at radius 1 is 1.12 bits per heavy atom. The Morgan fingerprint density at radius 2 is 1.76 bits per heavy atom. The van der Waals surface area contributed by atoms with Gasteiger partial charge in [-0.3, -0.25) is 4.79 Å². The number of rotatable bonds is 10. The number of esters is 1. The summed E-state index contributed by atoms with van der Waals surface area (Å²) in [5.41, 5.74) is 4.61. The predicted molar refractivity (Wildman–Crippen MR) is 153 cm³/mol. The van der Waals surface area contributed by atoms with Gasteiger partial charge in [0.15, 0.2) is 0 Å². The van der Waals surface area contributed by atoms with Gasteiger partial charge in [-0.05, 0) is 68.1 Å². The Bertz CT molecular complexity index is 1120. The molecule has 1 aromatic rings. The summed E-state index contributed by atoms with van der Waals surface area (Å²) in [4.78, 5) is 51.9. The maximum absolute atomic E-state index is 13.5. The molecule has 1 saturated carbocycles. The normalized spacial score (nSPS) is 20.0. The zero-order valence-corrected chi connectivity index (χ0v) is 25.5. The summed E-state index contributed by atoms with van der Waals surface area (Å²) < 4.78 is 14.8. The lowest BCUT2D eigenvalue weighted by atomic mass is 9.70. The van der Waals surface area contributed by atoms with Crippen molar-refractivity contribution in [2.75, 3.05) is 26.4 Å². The number of piperidine rings is 1. The Kier molecular flexibility index (Phi) is 10.2. The number of carbonyl (C=O) groups is 4. The van der Waals surface area contributed by atoms with Crippen LogP contribution in [0.4, 0.5) is 9.59 Å². The van der Waals surface area contributed by atoms with Gasteiger partial charge < -0.3 is 35.5 Å². The Morgan fingerprint density at radius 3 is 2.32 bits per heavy atom. The molecule has 2 atom stereocenters. The summed E-state index contributed by atoms with van der Waals surface area (Å²) in [5, 5.41) is 6.13. The van der Waals surface area contributed by atoms with Crippen molar-refractivity contribution in [1.82, 2.24) is 15.5 Å². The molecule has 1 aromatic carbocycles. The van der Waals surface area contributed by atoms with Crippen LogP contribution in [0.5, 0.6) is 0 Å². The highest BCUT2D eigenvalue weighted by atomic mass is 35.5. The van der Waals surface area contributed by atoms with Crippen molar-refractivity contribution in [1.29, 1.82) is 0 Å². The topological polar surface area (TPSA) is 149 Å². The lowest BCUT2D eigenvalue weighted by Crippen LogP contribution is -2.58. The minimum absolute atomic E-state index is 0.0574. The van der Waals surface area contributed by atoms with E-state index < -0.39 is 42.1 Å². The van der Waals surface area contributed by atoms with Gasteiger partial charge in [0.05, 0.1) is 6.54 Å². The van der Waals surface area contributed by atoms with E-state index in [4.69, 9.17) is 31.5 Å². The third kappa shape index (κ3) is 8.97. The smallest absolute Gasteiger partial charge is 0.426 e. The number of nitrogens with two attached hydrogens (primary N) is 1. The number of likely N-dealkylation sites (tertiary alicyclic amines) is 1. The quantitative estimate of drug-likeness (QED) is 0.272. The molecule has 1 aliphatic heterocycles. The highest BCUT2D eigenvalue weighted by Gasteiger charge is 2.48. The second-order valence-electron chi connectivity index (χ2n) is 12.7. The minimum atomic E-state index is -1.14. The Balaban J connectivity index is 1.48. The van der Waals surface area contributed by atoms with Crippen LogP contribution in [0.3, 0.4) is 0 Å². The van der Waals surface area contributed by atoms with Gasteiger partial charge >= 0.3 is 18.2 Å². The van der Waals surface area contributed by atoms with Crippen LogP contribution in [0.25, 0.3) is 0 Å². The van der Waals surface area contributed by atoms with Crippen molar-refractivity contribution in [3.63, 3.8) is 0 Å². The van der Waals surface area contributed by atoms with E-state index in [0.717, 1.165) is 6.42 Å². The van der Waals surface area contributed by atoms with Crippen LogP contribution < -0.4 is 16.4 Å². The molecule has 41 heavy (non-hydrogen) atoms. The van der Waals surface area contributed by atoms with Crippen molar-refractivity contribution in [2.45, 2.75) is 83.9 Å². The standard InChI is InChI=1S/C29H43ClN4O7/c1-18(2)22(23(35)34-14-11-21(27(3,4)16-34)19-7-9-20(30)10-8-19)33-25(37)32-15-28(5,6)41-26(38)40-17-39-24(36)29(31)12-13-29/h7-10,18,21-22H,11-17,31H2,1-6H3,(H2,32,33,37). The number of halogens is 1. The average molecular weight is 595 g/mol. The van der Waals surface area contributed by atoms with E-state index in [2.05, 4.69) is 24.5 Å². The van der Waals surface area contributed by atoms with Gasteiger partial charge in [-0.15, -0.1) is 0 Å². The van der Waals surface area contributed by atoms with E-state index in [1.807, 2.05) is 43.0 Å². The Labute approximate surface area is 246 Å². The zero-order chi connectivity index (χ0) is 30.6. The lowest BCUT2D eigenvalue weighted by molar-refractivity contribution is -0.157. The molecule has 0 radical (unpaired) electrons. The summed E-state index contributed by atoms with van der Waals surface area (Å²) in [6, 6.07) is 6.56. The molecule has 3 rings (SSSR count). The fraction of sp³-hybridized carbons (Fsp3) is 0.655. The number of nitrogens with one attached hydrogen (secondary N) is 2. The van der Waals surface area contributed by atoms with Crippen molar-refractivity contribution in [3.8, 4) is 0 Å². The Hall–Kier alpha value is -3.05.